The highest BCUT2D eigenvalue weighted by molar-refractivity contribution is 7.71. The van der Waals surface area contributed by atoms with Crippen molar-refractivity contribution < 1.29 is 5.11 Å². The molecule has 2 aromatic rings. The summed E-state index contributed by atoms with van der Waals surface area (Å²) >= 11 is 11.5. The summed E-state index contributed by atoms with van der Waals surface area (Å²) in [5.74, 6) is 0.550. The highest BCUT2D eigenvalue weighted by Crippen LogP contribution is 2.52. The number of hydrogen-bond donors (Lipinski definition) is 2. The minimum atomic E-state index is -0.856. The number of H-pyrrole nitrogens is 1. The molecular weight excluding hydrogens is 366 g/mol. The van der Waals surface area contributed by atoms with Gasteiger partial charge in [-0.2, -0.15) is 0 Å². The molecule has 1 aliphatic carbocycles. The molecule has 0 saturated heterocycles. The number of aromatic amines is 1. The highest BCUT2D eigenvalue weighted by Gasteiger charge is 2.54. The molecule has 1 aliphatic rings. The first-order valence-electron chi connectivity index (χ1n) is 9.25. The van der Waals surface area contributed by atoms with Gasteiger partial charge in [0, 0.05) is 5.02 Å². The van der Waals surface area contributed by atoms with Crippen molar-refractivity contribution in [1.82, 2.24) is 14.8 Å². The Morgan fingerprint density at radius 1 is 1.42 bits per heavy atom. The Labute approximate surface area is 165 Å². The molecule has 1 saturated carbocycles. The fourth-order valence-corrected chi connectivity index (χ4v) is 4.70. The van der Waals surface area contributed by atoms with Crippen molar-refractivity contribution in [2.24, 2.45) is 11.3 Å². The van der Waals surface area contributed by atoms with Gasteiger partial charge in [-0.3, -0.25) is 9.78 Å². The van der Waals surface area contributed by atoms with Crippen molar-refractivity contribution in [2.45, 2.75) is 65.0 Å². The average molecular weight is 394 g/mol. The van der Waals surface area contributed by atoms with Gasteiger partial charge in [-0.1, -0.05) is 45.4 Å². The zero-order valence-corrected chi connectivity index (χ0v) is 17.5. The molecular formula is C20H28ClN3OS. The lowest BCUT2D eigenvalue weighted by Gasteiger charge is -2.41. The van der Waals surface area contributed by atoms with Crippen LogP contribution in [0.1, 0.15) is 57.6 Å². The molecule has 6 heteroatoms. The fraction of sp³-hybridized carbons (Fsp3) is 0.600. The van der Waals surface area contributed by atoms with E-state index in [-0.39, 0.29) is 11.3 Å². The SMILES string of the molecule is CC(C)c1cc(Cl)ccc1CC1CCC(C)(C)C1(O)Cn1[nH]cnc1=S. The summed E-state index contributed by atoms with van der Waals surface area (Å²) in [6, 6.07) is 6.13. The van der Waals surface area contributed by atoms with Crippen molar-refractivity contribution >= 4 is 23.8 Å². The summed E-state index contributed by atoms with van der Waals surface area (Å²) < 4.78 is 2.26. The summed E-state index contributed by atoms with van der Waals surface area (Å²) in [6.07, 6.45) is 4.40. The van der Waals surface area contributed by atoms with Crippen LogP contribution in [0.3, 0.4) is 0 Å². The normalized spacial score (nSPS) is 25.1. The third-order valence-corrected chi connectivity index (χ3v) is 6.74. The Morgan fingerprint density at radius 3 is 2.77 bits per heavy atom. The van der Waals surface area contributed by atoms with Gasteiger partial charge in [-0.15, -0.1) is 0 Å². The number of nitrogens with zero attached hydrogens (tertiary/aromatic N) is 2. The number of nitrogens with one attached hydrogen (secondary N) is 1. The number of hydrogen-bond acceptors (Lipinski definition) is 3. The van der Waals surface area contributed by atoms with Crippen molar-refractivity contribution in [2.75, 3.05) is 0 Å². The molecule has 0 spiro atoms. The van der Waals surface area contributed by atoms with Gasteiger partial charge in [0.2, 0.25) is 4.77 Å². The molecule has 26 heavy (non-hydrogen) atoms. The van der Waals surface area contributed by atoms with Crippen LogP contribution in [-0.4, -0.2) is 25.5 Å². The van der Waals surface area contributed by atoms with E-state index < -0.39 is 5.60 Å². The van der Waals surface area contributed by atoms with Crippen molar-refractivity contribution in [1.29, 1.82) is 0 Å². The van der Waals surface area contributed by atoms with Crippen LogP contribution in [0.4, 0.5) is 0 Å². The predicted molar refractivity (Wildman–Crippen MR) is 108 cm³/mol. The van der Waals surface area contributed by atoms with Crippen LogP contribution in [0.25, 0.3) is 0 Å². The van der Waals surface area contributed by atoms with E-state index in [2.05, 4.69) is 49.9 Å². The minimum Gasteiger partial charge on any atom is -0.387 e. The number of benzene rings is 1. The van der Waals surface area contributed by atoms with E-state index in [1.54, 1.807) is 11.0 Å². The summed E-state index contributed by atoms with van der Waals surface area (Å²) in [5, 5.41) is 15.6. The number of aliphatic hydroxyl groups is 1. The van der Waals surface area contributed by atoms with E-state index in [1.165, 1.54) is 11.1 Å². The summed E-state index contributed by atoms with van der Waals surface area (Å²) in [4.78, 5) is 4.09. The standard InChI is InChI=1S/C20H28ClN3OS/c1-13(2)17-10-16(21)6-5-14(17)9-15-7-8-19(3,4)20(15,25)11-24-18(26)22-12-23-24/h5-6,10,12-13,15,25H,7-9,11H2,1-4H3,(H,22,23,26). The minimum absolute atomic E-state index is 0.154. The molecule has 2 atom stereocenters. The van der Waals surface area contributed by atoms with Gasteiger partial charge in [-0.25, -0.2) is 4.98 Å². The van der Waals surface area contributed by atoms with E-state index in [9.17, 15) is 5.11 Å². The summed E-state index contributed by atoms with van der Waals surface area (Å²) in [6.45, 7) is 9.11. The van der Waals surface area contributed by atoms with Crippen molar-refractivity contribution in [3.63, 3.8) is 0 Å². The molecule has 0 amide bonds. The van der Waals surface area contributed by atoms with Crippen LogP contribution in [0, 0.1) is 16.1 Å². The highest BCUT2D eigenvalue weighted by atomic mass is 35.5. The van der Waals surface area contributed by atoms with Crippen LogP contribution < -0.4 is 0 Å². The molecule has 1 fully saturated rings. The zero-order chi connectivity index (χ0) is 19.1. The molecule has 0 bridgehead atoms. The van der Waals surface area contributed by atoms with Crippen LogP contribution in [-0.2, 0) is 13.0 Å². The fourth-order valence-electron chi connectivity index (χ4n) is 4.34. The van der Waals surface area contributed by atoms with Gasteiger partial charge < -0.3 is 5.11 Å². The van der Waals surface area contributed by atoms with E-state index >= 15 is 0 Å². The topological polar surface area (TPSA) is 53.8 Å². The molecule has 1 heterocycles. The van der Waals surface area contributed by atoms with Crippen LogP contribution >= 0.6 is 23.8 Å². The monoisotopic (exact) mass is 393 g/mol. The van der Waals surface area contributed by atoms with Crippen LogP contribution in [0.5, 0.6) is 0 Å². The van der Waals surface area contributed by atoms with Crippen LogP contribution in [0.15, 0.2) is 24.5 Å². The van der Waals surface area contributed by atoms with Gasteiger partial charge >= 0.3 is 0 Å². The zero-order valence-electron chi connectivity index (χ0n) is 15.9. The summed E-state index contributed by atoms with van der Waals surface area (Å²) in [5.41, 5.74) is 1.49. The first-order valence-corrected chi connectivity index (χ1v) is 10.0. The molecule has 2 N–H and O–H groups in total. The first-order chi connectivity index (χ1) is 12.1. The quantitative estimate of drug-likeness (QED) is 0.692. The van der Waals surface area contributed by atoms with Gasteiger partial charge in [0.25, 0.3) is 0 Å². The maximum atomic E-state index is 11.8. The largest absolute Gasteiger partial charge is 0.387 e. The number of halogens is 1. The van der Waals surface area contributed by atoms with Gasteiger partial charge in [0.05, 0.1) is 12.1 Å². The molecule has 4 nitrogen and oxygen atoms in total. The second kappa shape index (κ2) is 7.10. The first kappa shape index (κ1) is 19.6. The van der Waals surface area contributed by atoms with Crippen LogP contribution in [0.2, 0.25) is 5.02 Å². The Balaban J connectivity index is 1.94. The third-order valence-electron chi connectivity index (χ3n) is 6.18. The molecule has 3 rings (SSSR count). The summed E-state index contributed by atoms with van der Waals surface area (Å²) in [7, 11) is 0. The molecule has 0 aliphatic heterocycles. The van der Waals surface area contributed by atoms with E-state index in [0.717, 1.165) is 24.3 Å². The van der Waals surface area contributed by atoms with E-state index in [0.29, 0.717) is 17.2 Å². The molecule has 2 unspecified atom stereocenters. The molecule has 142 valence electrons. The second-order valence-electron chi connectivity index (χ2n) is 8.50. The van der Waals surface area contributed by atoms with Gasteiger partial charge in [0.1, 0.15) is 6.33 Å². The molecule has 1 aromatic heterocycles. The lowest BCUT2D eigenvalue weighted by molar-refractivity contribution is -0.0910. The smallest absolute Gasteiger partial charge is 0.215 e. The number of rotatable bonds is 5. The second-order valence-corrected chi connectivity index (χ2v) is 9.30. The Bertz CT molecular complexity index is 842. The van der Waals surface area contributed by atoms with Gasteiger partial charge in [-0.05, 0) is 72.0 Å². The maximum Gasteiger partial charge on any atom is 0.215 e. The lowest BCUT2D eigenvalue weighted by atomic mass is 9.72. The van der Waals surface area contributed by atoms with Gasteiger partial charge in [0.15, 0.2) is 0 Å². The maximum absolute atomic E-state index is 11.8. The number of aromatic nitrogens is 3. The Hall–Kier alpha value is -1.17. The molecule has 0 radical (unpaired) electrons. The van der Waals surface area contributed by atoms with Crippen molar-refractivity contribution in [3.8, 4) is 0 Å². The lowest BCUT2D eigenvalue weighted by Crippen LogP contribution is -2.49. The Kier molecular flexibility index (Phi) is 5.35. The van der Waals surface area contributed by atoms with Crippen molar-refractivity contribution in [3.05, 3.63) is 45.4 Å². The average Bonchev–Trinajstić information content (AvgIpc) is 3.05. The Morgan fingerprint density at radius 2 is 2.15 bits per heavy atom. The molecule has 1 aromatic carbocycles. The predicted octanol–water partition coefficient (Wildman–Crippen LogP) is 5.13. The third kappa shape index (κ3) is 3.49. The van der Waals surface area contributed by atoms with E-state index in [4.69, 9.17) is 23.8 Å². The van der Waals surface area contributed by atoms with E-state index in [1.807, 2.05) is 6.07 Å².